The molecular weight excluding hydrogens is 232 g/mol. The molecule has 0 unspecified atom stereocenters. The van der Waals surface area contributed by atoms with Crippen molar-refractivity contribution < 1.29 is 5.11 Å². The number of benzene rings is 2. The normalized spacial score (nSPS) is 10.7. The molecule has 0 aliphatic carbocycles. The Morgan fingerprint density at radius 1 is 0.789 bits per heavy atom. The quantitative estimate of drug-likeness (QED) is 0.835. The van der Waals surface area contributed by atoms with Gasteiger partial charge in [-0.2, -0.15) is 0 Å². The topological polar surface area (TPSA) is 20.2 Å². The molecule has 0 spiro atoms. The van der Waals surface area contributed by atoms with Crippen LogP contribution in [0.1, 0.15) is 37.5 Å². The minimum Gasteiger partial charge on any atom is -0.508 e. The number of phenols is 1. The molecule has 0 saturated carbocycles. The molecule has 2 aromatic rings. The molecule has 1 nitrogen and oxygen atoms in total. The standard InChI is InChI=1S/C18H22O/c1-4-13-10-11-16(19)12-17(13)18-14(5-2)8-7-9-15(18)6-3/h7-12,19H,4-6H2,1-3H3. The van der Waals surface area contributed by atoms with E-state index in [9.17, 15) is 5.11 Å². The monoisotopic (exact) mass is 254 g/mol. The molecule has 0 heterocycles. The Morgan fingerprint density at radius 3 is 1.89 bits per heavy atom. The van der Waals surface area contributed by atoms with Crippen LogP contribution in [0.3, 0.4) is 0 Å². The first kappa shape index (κ1) is 13.7. The highest BCUT2D eigenvalue weighted by molar-refractivity contribution is 5.75. The van der Waals surface area contributed by atoms with Crippen LogP contribution in [0.15, 0.2) is 36.4 Å². The summed E-state index contributed by atoms with van der Waals surface area (Å²) < 4.78 is 0. The van der Waals surface area contributed by atoms with Gasteiger partial charge in [0.1, 0.15) is 5.75 Å². The fraction of sp³-hybridized carbons (Fsp3) is 0.333. The third kappa shape index (κ3) is 2.65. The van der Waals surface area contributed by atoms with Crippen LogP contribution in [0.2, 0.25) is 0 Å². The zero-order chi connectivity index (χ0) is 13.8. The van der Waals surface area contributed by atoms with Crippen LogP contribution in [0.25, 0.3) is 11.1 Å². The molecule has 19 heavy (non-hydrogen) atoms. The van der Waals surface area contributed by atoms with Gasteiger partial charge in [0.2, 0.25) is 0 Å². The zero-order valence-electron chi connectivity index (χ0n) is 12.0. The first-order valence-corrected chi connectivity index (χ1v) is 7.14. The second kappa shape index (κ2) is 5.92. The molecule has 0 bridgehead atoms. The highest BCUT2D eigenvalue weighted by Crippen LogP contribution is 2.34. The van der Waals surface area contributed by atoms with Crippen molar-refractivity contribution in [1.82, 2.24) is 0 Å². The average Bonchev–Trinajstić information content (AvgIpc) is 2.46. The second-order valence-electron chi connectivity index (χ2n) is 4.85. The number of hydrogen-bond donors (Lipinski definition) is 1. The molecule has 0 radical (unpaired) electrons. The molecule has 0 saturated heterocycles. The van der Waals surface area contributed by atoms with Crippen molar-refractivity contribution >= 4 is 0 Å². The third-order valence-corrected chi connectivity index (χ3v) is 3.74. The summed E-state index contributed by atoms with van der Waals surface area (Å²) in [6.07, 6.45) is 3.01. The van der Waals surface area contributed by atoms with Crippen molar-refractivity contribution in [3.63, 3.8) is 0 Å². The summed E-state index contributed by atoms with van der Waals surface area (Å²) >= 11 is 0. The number of aromatic hydroxyl groups is 1. The summed E-state index contributed by atoms with van der Waals surface area (Å²) in [7, 11) is 0. The van der Waals surface area contributed by atoms with Crippen LogP contribution in [0.4, 0.5) is 0 Å². The first-order valence-electron chi connectivity index (χ1n) is 7.14. The minimum atomic E-state index is 0.347. The maximum absolute atomic E-state index is 9.82. The van der Waals surface area contributed by atoms with Crippen LogP contribution >= 0.6 is 0 Å². The number of aryl methyl sites for hydroxylation is 3. The van der Waals surface area contributed by atoms with E-state index in [1.165, 1.54) is 27.8 Å². The van der Waals surface area contributed by atoms with Crippen molar-refractivity contribution in [1.29, 1.82) is 0 Å². The lowest BCUT2D eigenvalue weighted by atomic mass is 9.88. The molecule has 0 aliphatic heterocycles. The molecule has 0 amide bonds. The van der Waals surface area contributed by atoms with Crippen LogP contribution < -0.4 is 0 Å². The van der Waals surface area contributed by atoms with Gasteiger partial charge in [-0.15, -0.1) is 0 Å². The van der Waals surface area contributed by atoms with E-state index in [1.54, 1.807) is 6.07 Å². The van der Waals surface area contributed by atoms with Gasteiger partial charge in [0, 0.05) is 0 Å². The average molecular weight is 254 g/mol. The van der Waals surface area contributed by atoms with Gasteiger partial charge in [-0.3, -0.25) is 0 Å². The second-order valence-corrected chi connectivity index (χ2v) is 4.85. The summed E-state index contributed by atoms with van der Waals surface area (Å²) in [5, 5.41) is 9.82. The summed E-state index contributed by atoms with van der Waals surface area (Å²) in [5.41, 5.74) is 6.53. The van der Waals surface area contributed by atoms with Crippen molar-refractivity contribution in [2.75, 3.05) is 0 Å². The Bertz CT molecular complexity index is 548. The summed E-state index contributed by atoms with van der Waals surface area (Å²) in [5.74, 6) is 0.347. The van der Waals surface area contributed by atoms with Crippen molar-refractivity contribution in [3.8, 4) is 16.9 Å². The number of phenolic OH excluding ortho intramolecular Hbond substituents is 1. The lowest BCUT2D eigenvalue weighted by molar-refractivity contribution is 0.475. The SMILES string of the molecule is CCc1ccc(O)cc1-c1c(CC)cccc1CC. The fourth-order valence-electron chi connectivity index (χ4n) is 2.69. The largest absolute Gasteiger partial charge is 0.508 e. The Hall–Kier alpha value is -1.76. The molecule has 100 valence electrons. The van der Waals surface area contributed by atoms with Crippen LogP contribution in [-0.4, -0.2) is 5.11 Å². The molecule has 2 rings (SSSR count). The van der Waals surface area contributed by atoms with E-state index in [0.29, 0.717) is 5.75 Å². The molecule has 0 aliphatic rings. The summed E-state index contributed by atoms with van der Waals surface area (Å²) in [6.45, 7) is 6.54. The molecule has 2 aromatic carbocycles. The van der Waals surface area contributed by atoms with Gasteiger partial charge in [0.25, 0.3) is 0 Å². The highest BCUT2D eigenvalue weighted by atomic mass is 16.3. The predicted molar refractivity (Wildman–Crippen MR) is 81.7 cm³/mol. The lowest BCUT2D eigenvalue weighted by Gasteiger charge is -2.16. The van der Waals surface area contributed by atoms with E-state index >= 15 is 0 Å². The van der Waals surface area contributed by atoms with E-state index in [4.69, 9.17) is 0 Å². The molecule has 0 aromatic heterocycles. The maximum atomic E-state index is 9.82. The van der Waals surface area contributed by atoms with Gasteiger partial charge < -0.3 is 5.11 Å². The molecule has 0 atom stereocenters. The van der Waals surface area contributed by atoms with Gasteiger partial charge >= 0.3 is 0 Å². The lowest BCUT2D eigenvalue weighted by Crippen LogP contribution is -1.97. The Morgan fingerprint density at radius 2 is 1.37 bits per heavy atom. The Kier molecular flexibility index (Phi) is 4.26. The zero-order valence-corrected chi connectivity index (χ0v) is 12.0. The Labute approximate surface area is 115 Å². The van der Waals surface area contributed by atoms with Gasteiger partial charge in [-0.1, -0.05) is 45.0 Å². The molecular formula is C18H22O. The maximum Gasteiger partial charge on any atom is 0.116 e. The van der Waals surface area contributed by atoms with E-state index < -0.39 is 0 Å². The number of rotatable bonds is 4. The van der Waals surface area contributed by atoms with Gasteiger partial charge in [0.15, 0.2) is 0 Å². The van der Waals surface area contributed by atoms with Crippen molar-refractivity contribution in [3.05, 3.63) is 53.1 Å². The fourth-order valence-corrected chi connectivity index (χ4v) is 2.69. The van der Waals surface area contributed by atoms with Gasteiger partial charge in [-0.05, 0) is 59.2 Å². The Balaban J connectivity index is 2.73. The minimum absolute atomic E-state index is 0.347. The van der Waals surface area contributed by atoms with Gasteiger partial charge in [0.05, 0.1) is 0 Å². The van der Waals surface area contributed by atoms with Crippen molar-refractivity contribution in [2.45, 2.75) is 40.0 Å². The molecule has 1 N–H and O–H groups in total. The first-order chi connectivity index (χ1) is 9.21. The van der Waals surface area contributed by atoms with Crippen LogP contribution in [0.5, 0.6) is 5.75 Å². The highest BCUT2D eigenvalue weighted by Gasteiger charge is 2.12. The van der Waals surface area contributed by atoms with E-state index in [1.807, 2.05) is 12.1 Å². The van der Waals surface area contributed by atoms with E-state index in [0.717, 1.165) is 19.3 Å². The molecule has 1 heteroatoms. The van der Waals surface area contributed by atoms with Crippen molar-refractivity contribution in [2.24, 2.45) is 0 Å². The summed E-state index contributed by atoms with van der Waals surface area (Å²) in [6, 6.07) is 12.2. The van der Waals surface area contributed by atoms with E-state index in [-0.39, 0.29) is 0 Å². The third-order valence-electron chi connectivity index (χ3n) is 3.74. The van der Waals surface area contributed by atoms with Crippen LogP contribution in [0, 0.1) is 0 Å². The summed E-state index contributed by atoms with van der Waals surface area (Å²) in [4.78, 5) is 0. The van der Waals surface area contributed by atoms with E-state index in [2.05, 4.69) is 39.0 Å². The smallest absolute Gasteiger partial charge is 0.116 e. The predicted octanol–water partition coefficient (Wildman–Crippen LogP) is 4.75. The molecule has 0 fully saturated rings. The van der Waals surface area contributed by atoms with Gasteiger partial charge in [-0.25, -0.2) is 0 Å². The number of hydrogen-bond acceptors (Lipinski definition) is 1. The van der Waals surface area contributed by atoms with Crippen LogP contribution in [-0.2, 0) is 19.3 Å².